The maximum Gasteiger partial charge on any atom is 2.00 e. The summed E-state index contributed by atoms with van der Waals surface area (Å²) in [5.74, 6) is -23.9. The molecule has 0 unspecified atom stereocenters. The number of carboxylic acid groups (broad SMARTS) is 12. The van der Waals surface area contributed by atoms with Crippen LogP contribution < -0.4 is 61.3 Å². The molecule has 0 aliphatic rings. The van der Waals surface area contributed by atoms with Crippen molar-refractivity contribution in [3.63, 3.8) is 0 Å². The molecule has 0 bridgehead atoms. The fourth-order valence-corrected chi connectivity index (χ4v) is 2.74. The van der Waals surface area contributed by atoms with E-state index in [4.69, 9.17) is 20.4 Å². The van der Waals surface area contributed by atoms with E-state index in [2.05, 4.69) is 0 Å². The van der Waals surface area contributed by atoms with Gasteiger partial charge in [0, 0.05) is 120 Å². The Labute approximate surface area is 355 Å². The molecule has 329 valence electrons. The largest absolute Gasteiger partial charge is 2.00 e. The number of rotatable bonds is 20. The van der Waals surface area contributed by atoms with E-state index in [0.29, 0.717) is 0 Å². The Morgan fingerprint density at radius 2 is 0.339 bits per heavy atom. The van der Waals surface area contributed by atoms with Crippen molar-refractivity contribution < 1.29 is 212 Å². The summed E-state index contributed by atoms with van der Waals surface area (Å²) in [4.78, 5) is 120. The minimum absolute atomic E-state index is 0. The van der Waals surface area contributed by atoms with Gasteiger partial charge in [0.1, 0.15) is 22.4 Å². The molecule has 0 aliphatic heterocycles. The Morgan fingerprint density at radius 1 is 0.268 bits per heavy atom. The zero-order valence-electron chi connectivity index (χ0n) is 26.6. The molecule has 0 aromatic carbocycles. The predicted molar refractivity (Wildman–Crippen MR) is 117 cm³/mol. The van der Waals surface area contributed by atoms with Crippen LogP contribution in [0.15, 0.2) is 0 Å². The van der Waals surface area contributed by atoms with Crippen LogP contribution in [0.5, 0.6) is 0 Å². The van der Waals surface area contributed by atoms with E-state index in [0.717, 1.165) is 0 Å². The molecule has 0 aromatic rings. The molecule has 3 radical (unpaired) electrons. The number of aliphatic carboxylic acids is 12. The molecular formula is C24H20Cu3MoO28-6. The number of hydrogen-bond donors (Lipinski definition) is 4. The topological polar surface area (TPSA) is 562 Å². The summed E-state index contributed by atoms with van der Waals surface area (Å²) in [6.45, 7) is 0. The summed E-state index contributed by atoms with van der Waals surface area (Å²) in [5.41, 5.74) is -11.9. The van der Waals surface area contributed by atoms with Crippen molar-refractivity contribution >= 4 is 71.6 Å². The molecule has 4 N–H and O–H groups in total. The smallest absolute Gasteiger partial charge is 0.550 e. The van der Waals surface area contributed by atoms with Crippen LogP contribution in [0, 0.1) is 0 Å². The van der Waals surface area contributed by atoms with Crippen LogP contribution in [0.3, 0.4) is 0 Å². The minimum Gasteiger partial charge on any atom is -0.550 e. The molecule has 0 saturated heterocycles. The van der Waals surface area contributed by atoms with Crippen molar-refractivity contribution in [2.75, 3.05) is 0 Å². The Morgan fingerprint density at radius 3 is 0.375 bits per heavy atom. The van der Waals surface area contributed by atoms with E-state index in [1.54, 1.807) is 0 Å². The number of carbonyl (C=O) groups excluding carboxylic acids is 12. The maximum atomic E-state index is 10.1. The van der Waals surface area contributed by atoms with Gasteiger partial charge in [-0.15, -0.1) is 0 Å². The zero-order valence-corrected chi connectivity index (χ0v) is 31.4. The molecule has 32 heteroatoms. The third kappa shape index (κ3) is 33.1. The van der Waals surface area contributed by atoms with E-state index in [9.17, 15) is 119 Å². The standard InChI is InChI=1S/4C6H8O7.3Cu.Mo/c4*7-3(8)1-6(13,5(11)12)2-4(9)10;;;;/h4*13H,1-2H2,(H,7,8)(H,9,10)(H,11,12);;;;/q;;;;3*+2;/p-12. The average molecular weight is 1040 g/mol. The maximum absolute atomic E-state index is 10.1. The number of aliphatic hydroxyl groups is 4. The molecule has 0 heterocycles. The second kappa shape index (κ2) is 30.9. The Hall–Kier alpha value is -4.27. The van der Waals surface area contributed by atoms with Gasteiger partial charge in [0.25, 0.3) is 0 Å². The molecule has 0 aliphatic carbocycles. The van der Waals surface area contributed by atoms with Crippen molar-refractivity contribution in [3.8, 4) is 0 Å². The second-order valence-corrected chi connectivity index (χ2v) is 9.67. The monoisotopic (exact) mass is 1040 g/mol. The van der Waals surface area contributed by atoms with Gasteiger partial charge in [0.15, 0.2) is 0 Å². The van der Waals surface area contributed by atoms with Crippen LogP contribution in [0.25, 0.3) is 0 Å². The molecule has 56 heavy (non-hydrogen) atoms. The Bertz CT molecular complexity index is 1140. The van der Waals surface area contributed by atoms with Gasteiger partial charge in [-0.05, 0) is 0 Å². The number of carboxylic acids is 12. The quantitative estimate of drug-likeness (QED) is 0.0823. The van der Waals surface area contributed by atoms with Gasteiger partial charge in [0.05, 0.1) is 23.9 Å². The van der Waals surface area contributed by atoms with Crippen molar-refractivity contribution in [2.24, 2.45) is 0 Å². The first kappa shape index (κ1) is 69.6. The fourth-order valence-electron chi connectivity index (χ4n) is 2.74. The van der Waals surface area contributed by atoms with Crippen molar-refractivity contribution in [1.29, 1.82) is 0 Å². The zero-order chi connectivity index (χ0) is 42.6. The third-order valence-electron chi connectivity index (χ3n) is 5.01. The molecule has 0 atom stereocenters. The second-order valence-electron chi connectivity index (χ2n) is 9.67. The van der Waals surface area contributed by atoms with Gasteiger partial charge in [-0.2, -0.15) is 0 Å². The molecule has 0 rings (SSSR count). The van der Waals surface area contributed by atoms with Crippen LogP contribution in [0.2, 0.25) is 0 Å². The van der Waals surface area contributed by atoms with Crippen LogP contribution in [-0.2, 0) is 130 Å². The third-order valence-corrected chi connectivity index (χ3v) is 5.01. The number of hydrogen-bond acceptors (Lipinski definition) is 28. The molecule has 0 saturated carbocycles. The van der Waals surface area contributed by atoms with Gasteiger partial charge >= 0.3 is 51.2 Å². The van der Waals surface area contributed by atoms with Crippen LogP contribution in [0.1, 0.15) is 51.4 Å². The van der Waals surface area contributed by atoms with Crippen LogP contribution in [-0.4, -0.2) is 114 Å². The van der Waals surface area contributed by atoms with Gasteiger partial charge in [-0.1, -0.05) is 0 Å². The van der Waals surface area contributed by atoms with Crippen molar-refractivity contribution in [3.05, 3.63) is 0 Å². The molecule has 0 aromatic heterocycles. The molecule has 0 fully saturated rings. The van der Waals surface area contributed by atoms with Gasteiger partial charge < -0.3 is 139 Å². The van der Waals surface area contributed by atoms with E-state index in [1.165, 1.54) is 0 Å². The van der Waals surface area contributed by atoms with Crippen molar-refractivity contribution in [2.45, 2.75) is 73.8 Å². The average Bonchev–Trinajstić information content (AvgIpc) is 2.85. The number of carbonyl (C=O) groups is 12. The molecule has 28 nitrogen and oxygen atoms in total. The molecular weight excluding hydrogens is 1020 g/mol. The van der Waals surface area contributed by atoms with E-state index < -0.39 is 145 Å². The first-order chi connectivity index (χ1) is 23.1. The first-order valence-electron chi connectivity index (χ1n) is 12.5. The van der Waals surface area contributed by atoms with Gasteiger partial charge in [-0.3, -0.25) is 0 Å². The van der Waals surface area contributed by atoms with E-state index >= 15 is 0 Å². The summed E-state index contributed by atoms with van der Waals surface area (Å²) >= 11 is 0. The fraction of sp³-hybridized carbons (Fsp3) is 0.500. The molecule has 0 amide bonds. The van der Waals surface area contributed by atoms with Gasteiger partial charge in [-0.25, -0.2) is 0 Å². The Kier molecular flexibility index (Phi) is 38.4. The summed E-state index contributed by atoms with van der Waals surface area (Å²) in [5, 5.41) is 156. The molecule has 0 spiro atoms. The van der Waals surface area contributed by atoms with Gasteiger partial charge in [0.2, 0.25) is 0 Å². The van der Waals surface area contributed by atoms with Crippen LogP contribution in [0.4, 0.5) is 0 Å². The normalized spacial score (nSPS) is 10.1. The van der Waals surface area contributed by atoms with E-state index in [-0.39, 0.29) is 72.3 Å². The minimum atomic E-state index is -2.97. The first-order valence-corrected chi connectivity index (χ1v) is 12.5. The van der Waals surface area contributed by atoms with Crippen LogP contribution >= 0.6 is 0 Å². The SMILES string of the molecule is O=C([O-])CC(O)(CC(=O)[O-])C(=O)[O-].O=C([O-])CC(O)(CC(=O)[O-])C(=O)[O-].O=C([O-])CC(O)(CC(=O)[O-])C(=O)[O-].O=C([O-])CC(O)(CC(=O)[O-])C(=O)[O-].[Cu+2].[Cu+2].[Cu+2].[Mo]. The Balaban J connectivity index is -0.0000000893. The summed E-state index contributed by atoms with van der Waals surface area (Å²) in [7, 11) is 0. The van der Waals surface area contributed by atoms with E-state index in [1.807, 2.05) is 0 Å². The summed E-state index contributed by atoms with van der Waals surface area (Å²) in [6.07, 6.45) is -10.9. The predicted octanol–water partition coefficient (Wildman–Crippen LogP) is -21.0. The summed E-state index contributed by atoms with van der Waals surface area (Å²) < 4.78 is 0. The summed E-state index contributed by atoms with van der Waals surface area (Å²) in [6, 6.07) is 0. The van der Waals surface area contributed by atoms with Crippen molar-refractivity contribution in [1.82, 2.24) is 0 Å².